The number of amides is 4. The van der Waals surface area contributed by atoms with Crippen LogP contribution in [0.1, 0.15) is 91.8 Å². The van der Waals surface area contributed by atoms with Crippen molar-refractivity contribution >= 4 is 58.7 Å². The van der Waals surface area contributed by atoms with Crippen LogP contribution in [0.2, 0.25) is 0 Å². The van der Waals surface area contributed by atoms with Crippen LogP contribution in [0.5, 0.6) is 11.8 Å². The van der Waals surface area contributed by atoms with Crippen LogP contribution in [0.15, 0.2) is 132 Å². The molecule has 0 saturated carbocycles. The number of ether oxygens (including phenoxy) is 4. The van der Waals surface area contributed by atoms with E-state index in [4.69, 9.17) is 18.9 Å². The highest BCUT2D eigenvalue weighted by molar-refractivity contribution is 6.25. The van der Waals surface area contributed by atoms with Crippen molar-refractivity contribution in [2.24, 2.45) is 10.2 Å². The first-order valence-corrected chi connectivity index (χ1v) is 23.5. The molecule has 74 heavy (non-hydrogen) atoms. The van der Waals surface area contributed by atoms with E-state index in [0.29, 0.717) is 34.1 Å². The van der Waals surface area contributed by atoms with Gasteiger partial charge in [0.2, 0.25) is 11.8 Å². The number of esters is 2. The van der Waals surface area contributed by atoms with E-state index in [1.165, 1.54) is 33.2 Å². The highest BCUT2D eigenvalue weighted by Crippen LogP contribution is 2.44. The third-order valence-electron chi connectivity index (χ3n) is 11.3. The molecule has 4 heterocycles. The van der Waals surface area contributed by atoms with E-state index in [0.717, 1.165) is 0 Å². The molecule has 0 fully saturated rings. The quantitative estimate of drug-likeness (QED) is 0.123. The van der Waals surface area contributed by atoms with Crippen LogP contribution in [0.25, 0.3) is 11.4 Å². The van der Waals surface area contributed by atoms with Gasteiger partial charge in [0.25, 0.3) is 11.8 Å². The van der Waals surface area contributed by atoms with Gasteiger partial charge in [-0.1, -0.05) is 72.8 Å². The van der Waals surface area contributed by atoms with E-state index in [-0.39, 0.29) is 34.3 Å². The Morgan fingerprint density at radius 2 is 0.757 bits per heavy atom. The Kier molecular flexibility index (Phi) is 14.8. The molecule has 0 radical (unpaired) electrons. The zero-order valence-corrected chi connectivity index (χ0v) is 43.2. The number of rotatable bonds is 10. The van der Waals surface area contributed by atoms with Crippen molar-refractivity contribution in [3.63, 3.8) is 0 Å². The Morgan fingerprint density at radius 3 is 1.03 bits per heavy atom. The van der Waals surface area contributed by atoms with E-state index in [2.05, 4.69) is 31.0 Å². The number of nitrogens with zero attached hydrogens (tertiary/aromatic N) is 8. The third-order valence-corrected chi connectivity index (χ3v) is 11.3. The molecule has 0 saturated heterocycles. The summed E-state index contributed by atoms with van der Waals surface area (Å²) in [4.78, 5) is 79.3. The zero-order valence-electron chi connectivity index (χ0n) is 43.2. The lowest BCUT2D eigenvalue weighted by Crippen LogP contribution is -2.57. The molecule has 2 aliphatic heterocycles. The summed E-state index contributed by atoms with van der Waals surface area (Å²) in [5.74, 6) is -2.41. The van der Waals surface area contributed by atoms with Crippen LogP contribution in [0.4, 0.5) is 21.0 Å². The van der Waals surface area contributed by atoms with E-state index in [1.807, 2.05) is 48.5 Å². The monoisotopic (exact) mass is 1010 g/mol. The Balaban J connectivity index is 0.000000216. The third kappa shape index (κ3) is 10.6. The fraction of sp³-hybridized carbons (Fsp3) is 0.296. The van der Waals surface area contributed by atoms with Gasteiger partial charge < -0.3 is 18.9 Å². The number of aryl methyl sites for hydroxylation is 2. The Labute approximate surface area is 427 Å². The molecular formula is C54H58N10O10. The lowest BCUT2D eigenvalue weighted by atomic mass is 9.85. The van der Waals surface area contributed by atoms with Gasteiger partial charge in [0, 0.05) is 13.8 Å². The molecule has 2 N–H and O–H groups in total. The van der Waals surface area contributed by atoms with Gasteiger partial charge in [0.1, 0.15) is 11.2 Å². The van der Waals surface area contributed by atoms with Crippen molar-refractivity contribution in [3.05, 3.63) is 144 Å². The summed E-state index contributed by atoms with van der Waals surface area (Å²) in [5, 5.41) is 26.2. The predicted molar refractivity (Wildman–Crippen MR) is 275 cm³/mol. The summed E-state index contributed by atoms with van der Waals surface area (Å²) in [6.45, 7) is 19.4. The second-order valence-corrected chi connectivity index (χ2v) is 19.2. The Bertz CT molecular complexity index is 2960. The second-order valence-electron chi connectivity index (χ2n) is 19.2. The first-order valence-electron chi connectivity index (χ1n) is 23.5. The molecule has 6 aromatic rings. The van der Waals surface area contributed by atoms with Crippen LogP contribution in [-0.2, 0) is 39.7 Å². The van der Waals surface area contributed by atoms with Crippen molar-refractivity contribution in [1.82, 2.24) is 30.2 Å². The van der Waals surface area contributed by atoms with E-state index in [1.54, 1.807) is 142 Å². The fourth-order valence-corrected chi connectivity index (χ4v) is 8.38. The van der Waals surface area contributed by atoms with Gasteiger partial charge in [-0.15, -0.1) is 0 Å². The molecule has 2 atom stereocenters. The summed E-state index contributed by atoms with van der Waals surface area (Å²) < 4.78 is 25.2. The van der Waals surface area contributed by atoms with Crippen molar-refractivity contribution in [2.45, 2.75) is 105 Å². The summed E-state index contributed by atoms with van der Waals surface area (Å²) in [5.41, 5.74) is -1.62. The molecule has 384 valence electrons. The highest BCUT2D eigenvalue weighted by atomic mass is 16.6. The fourth-order valence-electron chi connectivity index (χ4n) is 8.38. The number of carbonyl (C=O) groups is 6. The molecule has 20 nitrogen and oxygen atoms in total. The number of nitrogens with one attached hydrogen (secondary N) is 2. The Morgan fingerprint density at radius 1 is 0.473 bits per heavy atom. The number of aromatic nitrogens is 4. The number of alkyl carbamates (subject to hydrolysis) is 2. The lowest BCUT2D eigenvalue weighted by Gasteiger charge is -2.31. The minimum Gasteiger partial charge on any atom is -0.444 e. The molecule has 0 unspecified atom stereocenters. The number of benzene rings is 4. The molecule has 0 bridgehead atoms. The summed E-state index contributed by atoms with van der Waals surface area (Å²) in [6.07, 6.45) is -1.68. The van der Waals surface area contributed by atoms with Crippen LogP contribution in [-0.4, -0.2) is 78.1 Å². The van der Waals surface area contributed by atoms with Gasteiger partial charge in [0.05, 0.1) is 56.7 Å². The van der Waals surface area contributed by atoms with Crippen LogP contribution >= 0.6 is 0 Å². The summed E-state index contributed by atoms with van der Waals surface area (Å²) in [6, 6.07) is 35.7. The molecule has 8 rings (SSSR count). The normalized spacial score (nSPS) is 17.4. The second kappa shape index (κ2) is 20.7. The number of para-hydroxylation sites is 4. The molecule has 0 spiro atoms. The van der Waals surface area contributed by atoms with E-state index >= 15 is 0 Å². The Hall–Kier alpha value is -8.94. The molecule has 2 aromatic heterocycles. The van der Waals surface area contributed by atoms with Crippen LogP contribution < -0.4 is 30.1 Å². The average Bonchev–Trinajstić information content (AvgIpc) is 3.99. The van der Waals surface area contributed by atoms with Crippen LogP contribution in [0, 0.1) is 13.8 Å². The predicted octanol–water partition coefficient (Wildman–Crippen LogP) is 8.50. The molecule has 20 heteroatoms. The van der Waals surface area contributed by atoms with E-state index < -0.39 is 58.2 Å². The van der Waals surface area contributed by atoms with Crippen LogP contribution in [0.3, 0.4) is 0 Å². The summed E-state index contributed by atoms with van der Waals surface area (Å²) in [7, 11) is 0. The maximum atomic E-state index is 14.2. The van der Waals surface area contributed by atoms with Gasteiger partial charge in [0.15, 0.2) is 11.1 Å². The van der Waals surface area contributed by atoms with Gasteiger partial charge in [-0.2, -0.15) is 30.4 Å². The average molecular weight is 1010 g/mol. The zero-order chi connectivity index (χ0) is 53.9. The largest absolute Gasteiger partial charge is 0.444 e. The SMILES string of the molecule is CC(=O)Oc1c([C@@]2(NC(=O)OC(C)(C)C)C(=O)N(c3ccccc3)N=C2C)c(C)nn1-c1ccccc1.CC(=O)Oc1c([C@@]2(NC(=O)OC(C)(C)C)C(=O)N(c3ccccc3)N=C2C)c(C)nn1-c1ccccc1. The smallest absolute Gasteiger partial charge is 0.409 e. The highest BCUT2D eigenvalue weighted by Gasteiger charge is 2.58. The van der Waals surface area contributed by atoms with Gasteiger partial charge in [-0.05, 0) is 118 Å². The van der Waals surface area contributed by atoms with Crippen molar-refractivity contribution in [3.8, 4) is 23.1 Å². The van der Waals surface area contributed by atoms with Crippen molar-refractivity contribution < 1.29 is 47.7 Å². The van der Waals surface area contributed by atoms with E-state index in [9.17, 15) is 28.8 Å². The van der Waals surface area contributed by atoms with Gasteiger partial charge in [-0.3, -0.25) is 29.8 Å². The topological polar surface area (TPSA) is 230 Å². The summed E-state index contributed by atoms with van der Waals surface area (Å²) >= 11 is 0. The number of hydrazone groups is 2. The molecule has 2 aliphatic rings. The lowest BCUT2D eigenvalue weighted by molar-refractivity contribution is -0.133. The molecular weight excluding hydrogens is 949 g/mol. The minimum atomic E-state index is -1.86. The maximum absolute atomic E-state index is 14.2. The minimum absolute atomic E-state index is 0.00919. The number of carbonyl (C=O) groups excluding carboxylic acids is 6. The number of anilines is 2. The molecule has 4 amide bonds. The van der Waals surface area contributed by atoms with Crippen molar-refractivity contribution in [1.29, 1.82) is 0 Å². The molecule has 4 aromatic carbocycles. The number of hydrogen-bond acceptors (Lipinski definition) is 14. The maximum Gasteiger partial charge on any atom is 0.409 e. The first-order chi connectivity index (χ1) is 34.9. The molecule has 0 aliphatic carbocycles. The standard InChI is InChI=1S/2C27H29N5O5/c2*1-17-22(23(36-19(3)33)31(29-17)20-13-9-7-10-14-20)27(28-25(35)37-26(4,5)6)18(2)30-32(24(27)34)21-15-11-8-12-16-21/h2*7-16H,1-6H3,(H,28,35)/t2*27-/m11/s1. The van der Waals surface area contributed by atoms with Gasteiger partial charge in [-0.25, -0.2) is 19.0 Å². The number of hydrogen-bond donors (Lipinski definition) is 2. The van der Waals surface area contributed by atoms with Crippen molar-refractivity contribution in [2.75, 3.05) is 10.0 Å². The first kappa shape index (κ1) is 52.9. The van der Waals surface area contributed by atoms with Gasteiger partial charge >= 0.3 is 24.1 Å².